The van der Waals surface area contributed by atoms with Gasteiger partial charge in [0.05, 0.1) is 6.04 Å². The summed E-state index contributed by atoms with van der Waals surface area (Å²) < 4.78 is 5.69. The Hall–Kier alpha value is -1.92. The van der Waals surface area contributed by atoms with Gasteiger partial charge in [-0.25, -0.2) is 0 Å². The van der Waals surface area contributed by atoms with E-state index in [0.29, 0.717) is 0 Å². The van der Waals surface area contributed by atoms with Crippen molar-refractivity contribution >= 4 is 11.8 Å². The molecule has 0 unspecified atom stereocenters. The van der Waals surface area contributed by atoms with Crippen LogP contribution in [0.2, 0.25) is 0 Å². The second kappa shape index (κ2) is 8.40. The Morgan fingerprint density at radius 1 is 1.07 bits per heavy atom. The first-order valence-corrected chi connectivity index (χ1v) is 10.2. The molecule has 3 fully saturated rings. The first-order valence-electron chi connectivity index (χ1n) is 10.2. The topological polar surface area (TPSA) is 61.9 Å². The largest absolute Gasteiger partial charge is 0.356 e. The first-order chi connectivity index (χ1) is 13.2. The smallest absolute Gasteiger partial charge is 0.254 e. The Balaban J connectivity index is 1.37. The fourth-order valence-electron chi connectivity index (χ4n) is 4.57. The maximum absolute atomic E-state index is 13.1. The minimum atomic E-state index is -0.647. The van der Waals surface area contributed by atoms with Gasteiger partial charge in [-0.1, -0.05) is 43.2 Å². The monoisotopic (exact) mass is 371 g/mol. The molecule has 2 heterocycles. The van der Waals surface area contributed by atoms with Crippen molar-refractivity contribution in [3.05, 3.63) is 35.9 Å². The van der Waals surface area contributed by atoms with Crippen LogP contribution in [0.3, 0.4) is 0 Å². The number of hydrogen-bond donors (Lipinski definition) is 1. The predicted octanol–water partition coefficient (Wildman–Crippen LogP) is 1.58. The second-order valence-corrected chi connectivity index (χ2v) is 7.96. The maximum Gasteiger partial charge on any atom is 0.254 e. The molecule has 0 radical (unpaired) electrons. The average Bonchev–Trinajstić information content (AvgIpc) is 3.22. The van der Waals surface area contributed by atoms with Gasteiger partial charge in [-0.05, 0) is 24.3 Å². The lowest BCUT2D eigenvalue weighted by Gasteiger charge is -2.39. The molecule has 0 aromatic heterocycles. The van der Waals surface area contributed by atoms with Gasteiger partial charge in [-0.15, -0.1) is 0 Å². The van der Waals surface area contributed by atoms with Crippen molar-refractivity contribution in [2.45, 2.75) is 37.8 Å². The van der Waals surface area contributed by atoms with E-state index in [4.69, 9.17) is 4.74 Å². The van der Waals surface area contributed by atoms with Crippen LogP contribution in [0, 0.1) is 5.92 Å². The number of benzene rings is 1. The number of ether oxygens (including phenoxy) is 1. The Labute approximate surface area is 160 Å². The highest BCUT2D eigenvalue weighted by Gasteiger charge is 2.39. The maximum atomic E-state index is 13.1. The Kier molecular flexibility index (Phi) is 5.74. The first kappa shape index (κ1) is 18.4. The summed E-state index contributed by atoms with van der Waals surface area (Å²) in [6.45, 7) is 4.45. The van der Waals surface area contributed by atoms with Gasteiger partial charge in [0.15, 0.2) is 6.10 Å². The summed E-state index contributed by atoms with van der Waals surface area (Å²) >= 11 is 0. The number of nitrogens with zero attached hydrogens (tertiary/aromatic N) is 2. The molecule has 1 N–H and O–H groups in total. The molecule has 27 heavy (non-hydrogen) atoms. The molecule has 1 saturated carbocycles. The van der Waals surface area contributed by atoms with E-state index in [1.165, 1.54) is 32.2 Å². The van der Waals surface area contributed by atoms with Crippen LogP contribution in [0.5, 0.6) is 0 Å². The molecule has 2 saturated heterocycles. The molecule has 146 valence electrons. The Bertz CT molecular complexity index is 652. The standard InChI is InChI=1S/C21H29N3O3/c25-18-15-27-20(19(22-18)17-8-2-1-3-9-17)21(26)24-12-10-23(11-13-24)14-16-6-4-5-7-16/h1-3,8-9,16,19-20H,4-7,10-15H2,(H,22,25)/t19-,20+/m1/s1. The normalized spacial score (nSPS) is 27.6. The molecular formula is C21H29N3O3. The Morgan fingerprint density at radius 3 is 2.48 bits per heavy atom. The van der Waals surface area contributed by atoms with Gasteiger partial charge >= 0.3 is 0 Å². The lowest BCUT2D eigenvalue weighted by Crippen LogP contribution is -2.57. The van der Waals surface area contributed by atoms with Gasteiger partial charge in [0.25, 0.3) is 5.91 Å². The van der Waals surface area contributed by atoms with Crippen LogP contribution in [0.4, 0.5) is 0 Å². The van der Waals surface area contributed by atoms with E-state index in [-0.39, 0.29) is 18.4 Å². The van der Waals surface area contributed by atoms with Gasteiger partial charge < -0.3 is 15.0 Å². The van der Waals surface area contributed by atoms with Gasteiger partial charge in [-0.2, -0.15) is 0 Å². The third-order valence-corrected chi connectivity index (χ3v) is 6.09. The fraction of sp³-hybridized carbons (Fsp3) is 0.619. The molecule has 4 rings (SSSR count). The van der Waals surface area contributed by atoms with Crippen LogP contribution in [-0.4, -0.2) is 67.0 Å². The highest BCUT2D eigenvalue weighted by Crippen LogP contribution is 2.27. The summed E-state index contributed by atoms with van der Waals surface area (Å²) in [6.07, 6.45) is 4.80. The minimum absolute atomic E-state index is 0.00984. The molecule has 6 heteroatoms. The SMILES string of the molecule is O=C1CO[C@H](C(=O)N2CCN(CC3CCCC3)CC2)[C@@H](c2ccccc2)N1. The lowest BCUT2D eigenvalue weighted by atomic mass is 9.98. The molecule has 0 bridgehead atoms. The third kappa shape index (κ3) is 4.33. The van der Waals surface area contributed by atoms with E-state index in [0.717, 1.165) is 37.7 Å². The van der Waals surface area contributed by atoms with Gasteiger partial charge in [0, 0.05) is 32.7 Å². The van der Waals surface area contributed by atoms with Crippen molar-refractivity contribution in [3.8, 4) is 0 Å². The number of carbonyl (C=O) groups is 2. The van der Waals surface area contributed by atoms with E-state index in [2.05, 4.69) is 10.2 Å². The van der Waals surface area contributed by atoms with Crippen LogP contribution in [0.25, 0.3) is 0 Å². The molecule has 3 aliphatic rings. The number of carbonyl (C=O) groups excluding carboxylic acids is 2. The number of hydrogen-bond acceptors (Lipinski definition) is 4. The van der Waals surface area contributed by atoms with Crippen molar-refractivity contribution < 1.29 is 14.3 Å². The quantitative estimate of drug-likeness (QED) is 0.873. The van der Waals surface area contributed by atoms with Crippen LogP contribution >= 0.6 is 0 Å². The van der Waals surface area contributed by atoms with Crippen molar-refractivity contribution in [1.82, 2.24) is 15.1 Å². The zero-order chi connectivity index (χ0) is 18.6. The van der Waals surface area contributed by atoms with E-state index >= 15 is 0 Å². The molecule has 1 aromatic rings. The van der Waals surface area contributed by atoms with Crippen LogP contribution in [-0.2, 0) is 14.3 Å². The summed E-state index contributed by atoms with van der Waals surface area (Å²) in [5, 5.41) is 2.94. The molecule has 1 aliphatic carbocycles. The number of amides is 2. The van der Waals surface area contributed by atoms with Gasteiger partial charge in [0.2, 0.25) is 5.91 Å². The Morgan fingerprint density at radius 2 is 1.78 bits per heavy atom. The molecule has 1 aromatic carbocycles. The second-order valence-electron chi connectivity index (χ2n) is 7.96. The summed E-state index contributed by atoms with van der Waals surface area (Å²) in [6, 6.07) is 9.20. The van der Waals surface area contributed by atoms with E-state index in [1.54, 1.807) is 0 Å². The summed E-state index contributed by atoms with van der Waals surface area (Å²) in [7, 11) is 0. The van der Waals surface area contributed by atoms with Crippen molar-refractivity contribution in [2.75, 3.05) is 39.3 Å². The number of piperazine rings is 1. The van der Waals surface area contributed by atoms with Crippen LogP contribution < -0.4 is 5.32 Å². The average molecular weight is 371 g/mol. The number of nitrogens with one attached hydrogen (secondary N) is 1. The molecule has 6 nitrogen and oxygen atoms in total. The van der Waals surface area contributed by atoms with Crippen molar-refractivity contribution in [3.63, 3.8) is 0 Å². The van der Waals surface area contributed by atoms with Crippen molar-refractivity contribution in [1.29, 1.82) is 0 Å². The fourth-order valence-corrected chi connectivity index (χ4v) is 4.57. The number of rotatable bonds is 4. The molecule has 2 amide bonds. The van der Waals surface area contributed by atoms with Crippen molar-refractivity contribution in [2.24, 2.45) is 5.92 Å². The summed E-state index contributed by atoms with van der Waals surface area (Å²) in [4.78, 5) is 29.4. The van der Waals surface area contributed by atoms with Crippen LogP contribution in [0.1, 0.15) is 37.3 Å². The highest BCUT2D eigenvalue weighted by atomic mass is 16.5. The van der Waals surface area contributed by atoms with E-state index in [1.807, 2.05) is 35.2 Å². The van der Waals surface area contributed by atoms with E-state index in [9.17, 15) is 9.59 Å². The zero-order valence-electron chi connectivity index (χ0n) is 15.8. The highest BCUT2D eigenvalue weighted by molar-refractivity contribution is 5.86. The molecular weight excluding hydrogens is 342 g/mol. The predicted molar refractivity (Wildman–Crippen MR) is 102 cm³/mol. The zero-order valence-corrected chi connectivity index (χ0v) is 15.8. The van der Waals surface area contributed by atoms with Gasteiger partial charge in [-0.3, -0.25) is 14.5 Å². The lowest BCUT2D eigenvalue weighted by molar-refractivity contribution is -0.156. The molecule has 0 spiro atoms. The summed E-state index contributed by atoms with van der Waals surface area (Å²) in [5.41, 5.74) is 0.906. The number of morpholine rings is 1. The van der Waals surface area contributed by atoms with Crippen LogP contribution in [0.15, 0.2) is 30.3 Å². The molecule has 2 aliphatic heterocycles. The molecule has 2 atom stereocenters. The minimum Gasteiger partial charge on any atom is -0.356 e. The van der Waals surface area contributed by atoms with Gasteiger partial charge in [0.1, 0.15) is 6.61 Å². The van der Waals surface area contributed by atoms with E-state index < -0.39 is 12.1 Å². The summed E-state index contributed by atoms with van der Waals surface area (Å²) in [5.74, 6) is 0.658. The third-order valence-electron chi connectivity index (χ3n) is 6.09.